The van der Waals surface area contributed by atoms with Crippen molar-refractivity contribution in [2.45, 2.75) is 12.5 Å². The minimum Gasteiger partial charge on any atom is -0.481 e. The van der Waals surface area contributed by atoms with Gasteiger partial charge in [0.15, 0.2) is 0 Å². The van der Waals surface area contributed by atoms with E-state index in [1.165, 1.54) is 0 Å². The molecule has 1 atom stereocenters. The van der Waals surface area contributed by atoms with Crippen LogP contribution in [0.1, 0.15) is 18.0 Å². The zero-order valence-electron chi connectivity index (χ0n) is 7.38. The summed E-state index contributed by atoms with van der Waals surface area (Å²) in [6.07, 6.45) is 0.0531. The van der Waals surface area contributed by atoms with Crippen molar-refractivity contribution in [1.29, 1.82) is 0 Å². The first-order valence-electron chi connectivity index (χ1n) is 4.06. The van der Waals surface area contributed by atoms with Crippen molar-refractivity contribution in [2.24, 2.45) is 0 Å². The van der Waals surface area contributed by atoms with Crippen LogP contribution in [0.15, 0.2) is 30.3 Å². The van der Waals surface area contributed by atoms with Crippen LogP contribution in [-0.2, 0) is 4.79 Å². The zero-order valence-corrected chi connectivity index (χ0v) is 9.09. The summed E-state index contributed by atoms with van der Waals surface area (Å²) in [6.45, 7) is 0. The maximum atomic E-state index is 10.6. The van der Waals surface area contributed by atoms with Crippen molar-refractivity contribution in [3.05, 3.63) is 35.9 Å². The minimum absolute atomic E-state index is 0.0531. The molecule has 5 heteroatoms. The van der Waals surface area contributed by atoms with E-state index in [1.807, 2.05) is 30.3 Å². The summed E-state index contributed by atoms with van der Waals surface area (Å²) >= 11 is 3.95. The van der Waals surface area contributed by atoms with E-state index in [9.17, 15) is 4.79 Å². The quantitative estimate of drug-likeness (QED) is 0.412. The molecule has 0 radical (unpaired) electrons. The Hall–Kier alpha value is -0.650. The van der Waals surface area contributed by atoms with Crippen molar-refractivity contribution in [2.75, 3.05) is 0 Å². The highest BCUT2D eigenvalue weighted by atomic mass is 33.1. The maximum Gasteiger partial charge on any atom is 0.305 e. The number of benzene rings is 1. The van der Waals surface area contributed by atoms with Gasteiger partial charge in [-0.1, -0.05) is 42.0 Å². The number of aliphatic carboxylic acids is 1. The number of rotatable bonds is 5. The average molecular weight is 229 g/mol. The van der Waals surface area contributed by atoms with Crippen LogP contribution in [0.25, 0.3) is 0 Å². The van der Waals surface area contributed by atoms with Gasteiger partial charge in [0.25, 0.3) is 0 Å². The maximum absolute atomic E-state index is 10.6. The predicted octanol–water partition coefficient (Wildman–Crippen LogP) is 2.29. The van der Waals surface area contributed by atoms with E-state index < -0.39 is 5.97 Å². The fourth-order valence-electron chi connectivity index (χ4n) is 1.15. The Morgan fingerprint density at radius 2 is 2.14 bits per heavy atom. The van der Waals surface area contributed by atoms with Crippen LogP contribution in [-0.4, -0.2) is 11.1 Å². The Labute approximate surface area is 91.8 Å². The second-order valence-electron chi connectivity index (χ2n) is 2.77. The number of carboxylic acid groups (broad SMARTS) is 1. The first-order valence-corrected chi connectivity index (χ1v) is 5.93. The Morgan fingerprint density at radius 3 is 2.64 bits per heavy atom. The summed E-state index contributed by atoms with van der Waals surface area (Å²) in [6, 6.07) is 9.25. The first-order chi connectivity index (χ1) is 6.74. The lowest BCUT2D eigenvalue weighted by Gasteiger charge is -2.14. The van der Waals surface area contributed by atoms with E-state index in [0.717, 1.165) is 16.5 Å². The number of hydrogen-bond acceptors (Lipinski definition) is 4. The summed E-state index contributed by atoms with van der Waals surface area (Å²) in [4.78, 5) is 10.6. The van der Waals surface area contributed by atoms with Gasteiger partial charge in [-0.25, -0.2) is 4.72 Å². The molecule has 1 aromatic rings. The molecule has 0 saturated carbocycles. The van der Waals surface area contributed by atoms with Crippen LogP contribution in [0, 0.1) is 0 Å². The van der Waals surface area contributed by atoms with E-state index >= 15 is 0 Å². The summed E-state index contributed by atoms with van der Waals surface area (Å²) in [7, 11) is 1.13. The summed E-state index contributed by atoms with van der Waals surface area (Å²) in [5, 5.41) is 8.70. The molecular weight excluding hydrogens is 218 g/mol. The van der Waals surface area contributed by atoms with Gasteiger partial charge in [-0.05, 0) is 16.5 Å². The minimum atomic E-state index is -0.825. The number of carbonyl (C=O) groups is 1. The smallest absolute Gasteiger partial charge is 0.305 e. The van der Waals surface area contributed by atoms with Gasteiger partial charge < -0.3 is 5.11 Å². The van der Waals surface area contributed by atoms with E-state index in [0.29, 0.717) is 0 Å². The zero-order chi connectivity index (χ0) is 10.4. The second kappa shape index (κ2) is 5.95. The monoisotopic (exact) mass is 229 g/mol. The van der Waals surface area contributed by atoms with Crippen LogP contribution < -0.4 is 4.72 Å². The van der Waals surface area contributed by atoms with E-state index in [2.05, 4.69) is 16.4 Å². The van der Waals surface area contributed by atoms with Gasteiger partial charge in [-0.3, -0.25) is 4.79 Å². The number of nitrogens with one attached hydrogen (secondary N) is 1. The van der Waals surface area contributed by atoms with Crippen molar-refractivity contribution in [3.63, 3.8) is 0 Å². The fraction of sp³-hybridized carbons (Fsp3) is 0.222. The molecule has 76 valence electrons. The van der Waals surface area contributed by atoms with Crippen LogP contribution in [0.2, 0.25) is 0 Å². The van der Waals surface area contributed by atoms with Gasteiger partial charge in [-0.2, -0.15) is 0 Å². The third-order valence-corrected chi connectivity index (χ3v) is 2.48. The van der Waals surface area contributed by atoms with Crippen LogP contribution in [0.4, 0.5) is 0 Å². The molecule has 0 bridgehead atoms. The molecule has 1 rings (SSSR count). The van der Waals surface area contributed by atoms with Crippen molar-refractivity contribution in [3.8, 4) is 0 Å². The molecule has 14 heavy (non-hydrogen) atoms. The Bertz CT molecular complexity index is 292. The van der Waals surface area contributed by atoms with E-state index in [1.54, 1.807) is 0 Å². The number of carboxylic acids is 1. The highest BCUT2D eigenvalue weighted by Crippen LogP contribution is 2.20. The highest BCUT2D eigenvalue weighted by molar-refractivity contribution is 8.67. The lowest BCUT2D eigenvalue weighted by Crippen LogP contribution is -2.16. The number of thiol groups is 1. The van der Waals surface area contributed by atoms with Crippen molar-refractivity contribution in [1.82, 2.24) is 4.72 Å². The van der Waals surface area contributed by atoms with E-state index in [-0.39, 0.29) is 12.5 Å². The molecule has 0 aliphatic carbocycles. The molecule has 0 aliphatic heterocycles. The standard InChI is InChI=1S/C9H11NO2S2/c11-9(12)6-8(10-14-13)7-4-2-1-3-5-7/h1-5,8,10,13H,6H2,(H,11,12). The SMILES string of the molecule is O=C(O)CC(NSS)c1ccccc1. The van der Waals surface area contributed by atoms with Gasteiger partial charge in [0.1, 0.15) is 0 Å². The Balaban J connectivity index is 2.72. The first kappa shape index (κ1) is 11.4. The molecule has 0 spiro atoms. The topological polar surface area (TPSA) is 49.3 Å². The summed E-state index contributed by atoms with van der Waals surface area (Å²) in [5.74, 6) is -0.825. The van der Waals surface area contributed by atoms with Gasteiger partial charge >= 0.3 is 5.97 Å². The highest BCUT2D eigenvalue weighted by Gasteiger charge is 2.13. The Morgan fingerprint density at radius 1 is 1.50 bits per heavy atom. The summed E-state index contributed by atoms with van der Waals surface area (Å²) in [5.41, 5.74) is 0.955. The lowest BCUT2D eigenvalue weighted by atomic mass is 10.1. The van der Waals surface area contributed by atoms with Crippen molar-refractivity contribution >= 4 is 28.6 Å². The molecule has 0 heterocycles. The molecule has 3 nitrogen and oxygen atoms in total. The Kier molecular flexibility index (Phi) is 4.86. The molecule has 2 N–H and O–H groups in total. The van der Waals surface area contributed by atoms with E-state index in [4.69, 9.17) is 5.11 Å². The third-order valence-electron chi connectivity index (χ3n) is 1.78. The molecule has 1 unspecified atom stereocenters. The molecular formula is C9H11NO2S2. The molecule has 0 amide bonds. The van der Waals surface area contributed by atoms with Crippen LogP contribution in [0.3, 0.4) is 0 Å². The lowest BCUT2D eigenvalue weighted by molar-refractivity contribution is -0.137. The molecule has 0 aliphatic rings. The molecule has 0 aromatic heterocycles. The van der Waals surface area contributed by atoms with Crippen molar-refractivity contribution < 1.29 is 9.90 Å². The predicted molar refractivity (Wildman–Crippen MR) is 61.1 cm³/mol. The molecule has 0 saturated heterocycles. The van der Waals surface area contributed by atoms with Gasteiger partial charge in [-0.15, -0.1) is 0 Å². The largest absolute Gasteiger partial charge is 0.481 e. The normalized spacial score (nSPS) is 12.4. The van der Waals surface area contributed by atoms with Crippen LogP contribution >= 0.6 is 22.6 Å². The average Bonchev–Trinajstić information content (AvgIpc) is 2.18. The van der Waals surface area contributed by atoms with Gasteiger partial charge in [0.05, 0.1) is 12.5 Å². The summed E-state index contributed by atoms with van der Waals surface area (Å²) < 4.78 is 2.93. The van der Waals surface area contributed by atoms with Gasteiger partial charge in [0, 0.05) is 0 Å². The van der Waals surface area contributed by atoms with Gasteiger partial charge in [0.2, 0.25) is 0 Å². The third kappa shape index (κ3) is 3.61. The van der Waals surface area contributed by atoms with Crippen LogP contribution in [0.5, 0.6) is 0 Å². The molecule has 1 aromatic carbocycles. The second-order valence-corrected chi connectivity index (χ2v) is 3.74. The number of hydrogen-bond donors (Lipinski definition) is 3. The fourth-order valence-corrected chi connectivity index (χ4v) is 1.88. The molecule has 0 fully saturated rings.